The Bertz CT molecular complexity index is 1260. The molecule has 176 valence electrons. The number of ether oxygens (including phenoxy) is 1. The zero-order chi connectivity index (χ0) is 23.3. The van der Waals surface area contributed by atoms with Gasteiger partial charge in [-0.3, -0.25) is 4.79 Å². The number of carbonyl (C=O) groups is 1. The van der Waals surface area contributed by atoms with Crippen LogP contribution in [0, 0.1) is 0 Å². The van der Waals surface area contributed by atoms with E-state index in [2.05, 4.69) is 5.32 Å². The molecule has 0 unspecified atom stereocenters. The Kier molecular flexibility index (Phi) is 9.93. The van der Waals surface area contributed by atoms with Crippen molar-refractivity contribution >= 4 is 50.9 Å². The van der Waals surface area contributed by atoms with E-state index in [0.29, 0.717) is 15.8 Å². The van der Waals surface area contributed by atoms with Crippen molar-refractivity contribution in [2.24, 2.45) is 0 Å². The standard InChI is InChI=1S/C21H16Cl3FN2O4S.BrH/c22-16-4-3-15(20(8-16)32(25,29)30)12-27-7-1-2-14(11-27)10-26-21(28)13-31-17-5-6-18(23)19(24)9-17;/h1-9,11H,10,12-13H2;1H. The lowest BCUT2D eigenvalue weighted by Crippen LogP contribution is -3.00. The summed E-state index contributed by atoms with van der Waals surface area (Å²) in [6.07, 6.45) is 3.41. The molecule has 6 nitrogen and oxygen atoms in total. The fourth-order valence-electron chi connectivity index (χ4n) is 2.83. The molecule has 0 bridgehead atoms. The molecule has 3 rings (SSSR count). The van der Waals surface area contributed by atoms with Gasteiger partial charge in [0.05, 0.1) is 10.0 Å². The molecule has 0 saturated heterocycles. The van der Waals surface area contributed by atoms with Crippen LogP contribution in [0.1, 0.15) is 11.1 Å². The minimum atomic E-state index is -4.93. The molecular formula is C21H17BrCl3FN2O4S. The van der Waals surface area contributed by atoms with Crippen molar-refractivity contribution in [3.05, 3.63) is 87.1 Å². The van der Waals surface area contributed by atoms with E-state index in [1.807, 2.05) is 0 Å². The van der Waals surface area contributed by atoms with E-state index >= 15 is 0 Å². The maximum atomic E-state index is 13.6. The van der Waals surface area contributed by atoms with Crippen LogP contribution in [0.2, 0.25) is 15.1 Å². The second kappa shape index (κ2) is 12.0. The van der Waals surface area contributed by atoms with E-state index in [9.17, 15) is 17.1 Å². The molecule has 33 heavy (non-hydrogen) atoms. The smallest absolute Gasteiger partial charge is 0.332 e. The molecule has 0 aliphatic rings. The Morgan fingerprint density at radius 3 is 2.52 bits per heavy atom. The summed E-state index contributed by atoms with van der Waals surface area (Å²) in [6.45, 7) is 0.0878. The largest absolute Gasteiger partial charge is 1.00 e. The highest BCUT2D eigenvalue weighted by Gasteiger charge is 2.20. The first-order valence-electron chi connectivity index (χ1n) is 9.17. The van der Waals surface area contributed by atoms with Crippen LogP contribution in [-0.4, -0.2) is 20.9 Å². The molecule has 0 atom stereocenters. The minimum absolute atomic E-state index is 0. The second-order valence-corrected chi connectivity index (χ2v) is 9.28. The fraction of sp³-hybridized carbons (Fsp3) is 0.143. The average Bonchev–Trinajstić information content (AvgIpc) is 2.74. The topological polar surface area (TPSA) is 76.3 Å². The minimum Gasteiger partial charge on any atom is -1.00 e. The number of nitrogens with one attached hydrogen (secondary N) is 1. The first-order chi connectivity index (χ1) is 15.1. The normalized spacial score (nSPS) is 10.9. The van der Waals surface area contributed by atoms with E-state index in [-0.39, 0.29) is 53.2 Å². The van der Waals surface area contributed by atoms with Gasteiger partial charge in [0, 0.05) is 34.8 Å². The number of rotatable bonds is 8. The highest BCUT2D eigenvalue weighted by molar-refractivity contribution is 7.86. The van der Waals surface area contributed by atoms with Crippen LogP contribution in [0.25, 0.3) is 0 Å². The average molecular weight is 599 g/mol. The molecule has 0 radical (unpaired) electrons. The predicted molar refractivity (Wildman–Crippen MR) is 119 cm³/mol. The summed E-state index contributed by atoms with van der Waals surface area (Å²) < 4.78 is 43.5. The molecule has 1 aromatic heterocycles. The van der Waals surface area contributed by atoms with E-state index in [1.165, 1.54) is 18.2 Å². The molecule has 0 spiro atoms. The molecule has 0 fully saturated rings. The lowest BCUT2D eigenvalue weighted by atomic mass is 10.2. The van der Waals surface area contributed by atoms with Gasteiger partial charge in [-0.15, -0.1) is 3.89 Å². The Morgan fingerprint density at radius 2 is 1.82 bits per heavy atom. The molecular weight excluding hydrogens is 582 g/mol. The van der Waals surface area contributed by atoms with Gasteiger partial charge in [-0.25, -0.2) is 4.57 Å². The number of hydrogen-bond donors (Lipinski definition) is 1. The first kappa shape index (κ1) is 27.3. The molecule has 2 aromatic carbocycles. The third kappa shape index (κ3) is 8.12. The van der Waals surface area contributed by atoms with Crippen molar-refractivity contribution in [1.29, 1.82) is 0 Å². The van der Waals surface area contributed by atoms with Gasteiger partial charge in [-0.05, 0) is 36.4 Å². The predicted octanol–water partition coefficient (Wildman–Crippen LogP) is 1.34. The van der Waals surface area contributed by atoms with Crippen LogP contribution < -0.4 is 31.6 Å². The van der Waals surface area contributed by atoms with E-state index in [4.69, 9.17) is 39.5 Å². The summed E-state index contributed by atoms with van der Waals surface area (Å²) >= 11 is 17.6. The maximum absolute atomic E-state index is 13.6. The van der Waals surface area contributed by atoms with Crippen molar-refractivity contribution in [3.63, 3.8) is 0 Å². The van der Waals surface area contributed by atoms with Crippen LogP contribution in [0.4, 0.5) is 3.89 Å². The van der Waals surface area contributed by atoms with Crippen molar-refractivity contribution in [2.75, 3.05) is 6.61 Å². The van der Waals surface area contributed by atoms with Gasteiger partial charge in [-0.2, -0.15) is 8.42 Å². The van der Waals surface area contributed by atoms with Gasteiger partial charge in [0.2, 0.25) is 0 Å². The number of halogens is 5. The summed E-state index contributed by atoms with van der Waals surface area (Å²) in [4.78, 5) is 11.6. The number of carbonyl (C=O) groups excluding carboxylic acids is 1. The van der Waals surface area contributed by atoms with Gasteiger partial charge in [-0.1, -0.05) is 34.8 Å². The number of hydrogen-bond acceptors (Lipinski definition) is 4. The molecule has 1 N–H and O–H groups in total. The Morgan fingerprint density at radius 1 is 1.06 bits per heavy atom. The molecule has 12 heteroatoms. The molecule has 1 amide bonds. The van der Waals surface area contributed by atoms with Gasteiger partial charge >= 0.3 is 10.2 Å². The van der Waals surface area contributed by atoms with Crippen LogP contribution in [0.15, 0.2) is 65.8 Å². The number of nitrogens with zero attached hydrogens (tertiary/aromatic N) is 1. The Labute approximate surface area is 216 Å². The molecule has 0 aliphatic carbocycles. The lowest BCUT2D eigenvalue weighted by molar-refractivity contribution is -0.689. The third-order valence-electron chi connectivity index (χ3n) is 4.31. The third-order valence-corrected chi connectivity index (χ3v) is 6.19. The van der Waals surface area contributed by atoms with E-state index in [0.717, 1.165) is 11.6 Å². The number of benzene rings is 2. The summed E-state index contributed by atoms with van der Waals surface area (Å²) in [7, 11) is -4.93. The monoisotopic (exact) mass is 596 g/mol. The van der Waals surface area contributed by atoms with Gasteiger partial charge in [0.15, 0.2) is 25.5 Å². The van der Waals surface area contributed by atoms with Gasteiger partial charge in [0.25, 0.3) is 5.91 Å². The maximum Gasteiger partial charge on any atom is 0.332 e. The van der Waals surface area contributed by atoms with Crippen LogP contribution >= 0.6 is 34.8 Å². The number of pyridine rings is 1. The zero-order valence-corrected chi connectivity index (χ0v) is 21.4. The van der Waals surface area contributed by atoms with Crippen molar-refractivity contribution in [2.45, 2.75) is 18.0 Å². The van der Waals surface area contributed by atoms with Gasteiger partial charge in [0.1, 0.15) is 10.6 Å². The molecule has 0 aliphatic heterocycles. The number of aromatic nitrogens is 1. The summed E-state index contributed by atoms with van der Waals surface area (Å²) in [5, 5.41) is 3.55. The lowest BCUT2D eigenvalue weighted by Gasteiger charge is -2.08. The highest BCUT2D eigenvalue weighted by atomic mass is 79.9. The number of amides is 1. The highest BCUT2D eigenvalue weighted by Crippen LogP contribution is 2.26. The van der Waals surface area contributed by atoms with Crippen LogP contribution in [0.5, 0.6) is 5.75 Å². The van der Waals surface area contributed by atoms with E-state index in [1.54, 1.807) is 41.2 Å². The quantitative estimate of drug-likeness (QED) is 0.314. The zero-order valence-electron chi connectivity index (χ0n) is 16.8. The van der Waals surface area contributed by atoms with Crippen molar-refractivity contribution in [3.8, 4) is 5.75 Å². The van der Waals surface area contributed by atoms with Crippen molar-refractivity contribution in [1.82, 2.24) is 5.32 Å². The SMILES string of the molecule is O=C(COc1ccc(Cl)c(Cl)c1)NCc1ccc[n+](Cc2ccc(Cl)cc2S(=O)(=O)F)c1.[Br-]. The summed E-state index contributed by atoms with van der Waals surface area (Å²) in [6, 6.07) is 12.2. The fourth-order valence-corrected chi connectivity index (χ4v) is 4.07. The molecule has 0 saturated carbocycles. The van der Waals surface area contributed by atoms with Crippen molar-refractivity contribution < 1.29 is 43.4 Å². The first-order valence-corrected chi connectivity index (χ1v) is 11.7. The Hall–Kier alpha value is -1.91. The van der Waals surface area contributed by atoms with Crippen LogP contribution in [-0.2, 0) is 28.1 Å². The molecule has 3 aromatic rings. The summed E-state index contributed by atoms with van der Waals surface area (Å²) in [5.74, 6) is 0.0590. The molecule has 1 heterocycles. The van der Waals surface area contributed by atoms with Crippen LogP contribution in [0.3, 0.4) is 0 Å². The Balaban J connectivity index is 0.00000385. The van der Waals surface area contributed by atoms with E-state index < -0.39 is 15.1 Å². The summed E-state index contributed by atoms with van der Waals surface area (Å²) in [5.41, 5.74) is 0.993. The second-order valence-electron chi connectivity index (χ2n) is 6.72. The van der Waals surface area contributed by atoms with Gasteiger partial charge < -0.3 is 27.0 Å².